The molecule has 0 bridgehead atoms. The summed E-state index contributed by atoms with van der Waals surface area (Å²) in [7, 11) is 1.88. The summed E-state index contributed by atoms with van der Waals surface area (Å²) in [6.45, 7) is 1.73. The lowest BCUT2D eigenvalue weighted by molar-refractivity contribution is -0.143. The first-order valence-electron chi connectivity index (χ1n) is 12.1. The van der Waals surface area contributed by atoms with Crippen LogP contribution in [0.4, 0.5) is 0 Å². The van der Waals surface area contributed by atoms with Crippen molar-refractivity contribution in [2.24, 2.45) is 7.05 Å². The van der Waals surface area contributed by atoms with Crippen LogP contribution in [0.3, 0.4) is 0 Å². The van der Waals surface area contributed by atoms with E-state index in [4.69, 9.17) is 0 Å². The van der Waals surface area contributed by atoms with Gasteiger partial charge in [-0.3, -0.25) is 18.8 Å². The third kappa shape index (κ3) is 3.78. The summed E-state index contributed by atoms with van der Waals surface area (Å²) in [6.07, 6.45) is 5.02. The summed E-state index contributed by atoms with van der Waals surface area (Å²) in [5, 5.41) is 15.4. The zero-order valence-corrected chi connectivity index (χ0v) is 20.8. The minimum Gasteiger partial charge on any atom is -0.480 e. The van der Waals surface area contributed by atoms with E-state index in [1.807, 2.05) is 49.5 Å². The standard InChI is InChI=1S/C28H24N6O4/c1-17-13-32(16-29-17)23-9-10-24-27(36)33(25(28(37)38)15-34(24)26(23)35)14-19-5-3-4-6-21(19)18-7-8-22-20(11-18)12-30-31(22)2/h3-13,16,25H,14-15H2,1-2H3,(H,37,38). The molecule has 0 saturated heterocycles. The molecule has 3 aromatic heterocycles. The maximum absolute atomic E-state index is 13.6. The quantitative estimate of drug-likeness (QED) is 0.390. The number of rotatable bonds is 5. The highest BCUT2D eigenvalue weighted by atomic mass is 16.4. The molecule has 1 aliphatic heterocycles. The summed E-state index contributed by atoms with van der Waals surface area (Å²) in [5.41, 5.74) is 4.38. The Labute approximate surface area is 217 Å². The van der Waals surface area contributed by atoms with Gasteiger partial charge in [-0.15, -0.1) is 0 Å². The van der Waals surface area contributed by atoms with Crippen LogP contribution in [0.2, 0.25) is 0 Å². The molecule has 0 spiro atoms. The normalized spacial score (nSPS) is 15.2. The van der Waals surface area contributed by atoms with Crippen LogP contribution in [0.25, 0.3) is 27.7 Å². The number of aliphatic carboxylic acids is 1. The second kappa shape index (κ2) is 8.84. The minimum atomic E-state index is -1.21. The zero-order chi connectivity index (χ0) is 26.6. The van der Waals surface area contributed by atoms with Crippen LogP contribution in [0.5, 0.6) is 0 Å². The van der Waals surface area contributed by atoms with Crippen LogP contribution in [-0.2, 0) is 24.9 Å². The van der Waals surface area contributed by atoms with Gasteiger partial charge in [-0.1, -0.05) is 30.3 Å². The molecule has 10 nitrogen and oxygen atoms in total. The van der Waals surface area contributed by atoms with Gasteiger partial charge < -0.3 is 14.6 Å². The van der Waals surface area contributed by atoms with Gasteiger partial charge in [0.1, 0.15) is 17.4 Å². The van der Waals surface area contributed by atoms with Crippen molar-refractivity contribution in [1.29, 1.82) is 0 Å². The highest BCUT2D eigenvalue weighted by molar-refractivity contribution is 5.96. The van der Waals surface area contributed by atoms with Crippen LogP contribution in [0.1, 0.15) is 21.7 Å². The Bertz CT molecular complexity index is 1800. The first kappa shape index (κ1) is 23.4. The molecule has 1 N–H and O–H groups in total. The van der Waals surface area contributed by atoms with Gasteiger partial charge in [-0.2, -0.15) is 5.10 Å². The van der Waals surface area contributed by atoms with Gasteiger partial charge in [0.15, 0.2) is 0 Å². The van der Waals surface area contributed by atoms with Gasteiger partial charge in [0.2, 0.25) is 0 Å². The first-order chi connectivity index (χ1) is 18.3. The fourth-order valence-corrected chi connectivity index (χ4v) is 5.09. The second-order valence-corrected chi connectivity index (χ2v) is 9.43. The molecule has 0 fully saturated rings. The predicted molar refractivity (Wildman–Crippen MR) is 140 cm³/mol. The molecule has 1 unspecified atom stereocenters. The number of nitrogens with zero attached hydrogens (tertiary/aromatic N) is 6. The van der Waals surface area contributed by atoms with Crippen molar-refractivity contribution in [2.75, 3.05) is 0 Å². The second-order valence-electron chi connectivity index (χ2n) is 9.43. The van der Waals surface area contributed by atoms with Crippen molar-refractivity contribution < 1.29 is 14.7 Å². The van der Waals surface area contributed by atoms with Gasteiger partial charge in [0.05, 0.1) is 30.3 Å². The summed E-state index contributed by atoms with van der Waals surface area (Å²) in [4.78, 5) is 44.8. The Kier molecular flexibility index (Phi) is 5.45. The van der Waals surface area contributed by atoms with Gasteiger partial charge in [-0.25, -0.2) is 9.78 Å². The number of fused-ring (bicyclic) bond motifs is 2. The fourth-order valence-electron chi connectivity index (χ4n) is 5.09. The van der Waals surface area contributed by atoms with Crippen molar-refractivity contribution in [1.82, 2.24) is 28.8 Å². The Morgan fingerprint density at radius 3 is 2.68 bits per heavy atom. The lowest BCUT2D eigenvalue weighted by atomic mass is 9.97. The molecule has 38 heavy (non-hydrogen) atoms. The van der Waals surface area contributed by atoms with E-state index in [-0.39, 0.29) is 18.8 Å². The van der Waals surface area contributed by atoms with Crippen LogP contribution < -0.4 is 5.56 Å². The summed E-state index contributed by atoms with van der Waals surface area (Å²) < 4.78 is 4.63. The molecule has 0 saturated carbocycles. The predicted octanol–water partition coefficient (Wildman–Crippen LogP) is 3.01. The van der Waals surface area contributed by atoms with Crippen molar-refractivity contribution in [3.63, 3.8) is 0 Å². The molecule has 190 valence electrons. The monoisotopic (exact) mass is 508 g/mol. The number of hydrogen-bond acceptors (Lipinski definition) is 5. The number of carbonyl (C=O) groups excluding carboxylic acids is 1. The number of pyridine rings is 1. The van der Waals surface area contributed by atoms with Crippen LogP contribution >= 0.6 is 0 Å². The molecule has 5 aromatic rings. The van der Waals surface area contributed by atoms with Crippen molar-refractivity contribution in [3.05, 3.63) is 101 Å². The van der Waals surface area contributed by atoms with E-state index in [2.05, 4.69) is 10.1 Å². The van der Waals surface area contributed by atoms with E-state index in [1.165, 1.54) is 15.8 Å². The number of amides is 1. The van der Waals surface area contributed by atoms with Gasteiger partial charge in [-0.05, 0) is 47.9 Å². The molecule has 2 aromatic carbocycles. The van der Waals surface area contributed by atoms with Crippen molar-refractivity contribution in [3.8, 4) is 16.8 Å². The van der Waals surface area contributed by atoms with Crippen molar-refractivity contribution >= 4 is 22.8 Å². The summed E-state index contributed by atoms with van der Waals surface area (Å²) >= 11 is 0. The van der Waals surface area contributed by atoms with Crippen LogP contribution in [-0.4, -0.2) is 51.8 Å². The number of aryl methyl sites for hydroxylation is 2. The molecule has 1 amide bonds. The topological polar surface area (TPSA) is 115 Å². The highest BCUT2D eigenvalue weighted by Crippen LogP contribution is 2.30. The number of benzene rings is 2. The molecular weight excluding hydrogens is 484 g/mol. The average Bonchev–Trinajstić information content (AvgIpc) is 3.51. The Morgan fingerprint density at radius 2 is 1.92 bits per heavy atom. The van der Waals surface area contributed by atoms with Gasteiger partial charge in [0, 0.05) is 25.2 Å². The molecule has 1 aliphatic rings. The number of carboxylic acid groups (broad SMARTS) is 1. The van der Waals surface area contributed by atoms with E-state index in [0.717, 1.165) is 33.3 Å². The molecule has 10 heteroatoms. The smallest absolute Gasteiger partial charge is 0.328 e. The third-order valence-corrected chi connectivity index (χ3v) is 7.06. The number of imidazole rings is 1. The summed E-state index contributed by atoms with van der Waals surface area (Å²) in [5.74, 6) is -1.68. The van der Waals surface area contributed by atoms with Gasteiger partial charge in [0.25, 0.3) is 11.5 Å². The van der Waals surface area contributed by atoms with Crippen molar-refractivity contribution in [2.45, 2.75) is 26.1 Å². The highest BCUT2D eigenvalue weighted by Gasteiger charge is 2.38. The van der Waals surface area contributed by atoms with E-state index in [1.54, 1.807) is 40.7 Å². The third-order valence-electron chi connectivity index (χ3n) is 7.06. The number of aromatic nitrogens is 5. The molecule has 0 radical (unpaired) electrons. The molecular formula is C28H24N6O4. The SMILES string of the molecule is Cc1cn(-c2ccc3n(c2=O)CC(C(=O)O)N(Cc2ccccc2-c2ccc4c(cnn4C)c2)C3=O)cn1. The molecule has 1 atom stereocenters. The number of carbonyl (C=O) groups is 2. The lowest BCUT2D eigenvalue weighted by Gasteiger charge is -2.35. The Balaban J connectivity index is 1.39. The van der Waals surface area contributed by atoms with E-state index in [9.17, 15) is 19.5 Å². The molecule has 6 rings (SSSR count). The van der Waals surface area contributed by atoms with E-state index in [0.29, 0.717) is 5.69 Å². The minimum absolute atomic E-state index is 0.0771. The van der Waals surface area contributed by atoms with Crippen LogP contribution in [0.15, 0.2) is 78.1 Å². The van der Waals surface area contributed by atoms with Gasteiger partial charge >= 0.3 is 5.97 Å². The first-order valence-corrected chi connectivity index (χ1v) is 12.1. The maximum Gasteiger partial charge on any atom is 0.328 e. The number of hydrogen-bond donors (Lipinski definition) is 1. The van der Waals surface area contributed by atoms with E-state index >= 15 is 0 Å². The van der Waals surface area contributed by atoms with Crippen LogP contribution in [0, 0.1) is 6.92 Å². The molecule has 0 aliphatic carbocycles. The summed E-state index contributed by atoms with van der Waals surface area (Å²) in [6, 6.07) is 15.6. The lowest BCUT2D eigenvalue weighted by Crippen LogP contribution is -2.54. The molecule has 4 heterocycles. The largest absolute Gasteiger partial charge is 0.480 e. The average molecular weight is 509 g/mol. The fraction of sp³-hybridized carbons (Fsp3) is 0.179. The zero-order valence-electron chi connectivity index (χ0n) is 20.8. The number of carboxylic acids is 1. The Hall–Kier alpha value is -4.99. The van der Waals surface area contributed by atoms with E-state index < -0.39 is 23.5 Å². The maximum atomic E-state index is 13.6. The Morgan fingerprint density at radius 1 is 1.11 bits per heavy atom.